The van der Waals surface area contributed by atoms with Crippen LogP contribution in [-0.2, 0) is 20.0 Å². The standard InChI is InChI=1S/C9H13N3O5S2/c1-18(13,14)12-9-8(19(10,15)16)7(4-5-11-9)17-6-2-3-6/h4-6H,2-3H2,1H3,(H,11,12)(H2,10,15,16). The van der Waals surface area contributed by atoms with E-state index < -0.39 is 24.9 Å². The fourth-order valence-corrected chi connectivity index (χ4v) is 2.75. The van der Waals surface area contributed by atoms with Crippen molar-refractivity contribution in [3.63, 3.8) is 0 Å². The molecule has 1 heterocycles. The van der Waals surface area contributed by atoms with Crippen molar-refractivity contribution in [2.45, 2.75) is 23.8 Å². The van der Waals surface area contributed by atoms with Gasteiger partial charge in [0.2, 0.25) is 20.0 Å². The molecule has 1 aliphatic rings. The van der Waals surface area contributed by atoms with Crippen LogP contribution in [0.15, 0.2) is 17.2 Å². The summed E-state index contributed by atoms with van der Waals surface area (Å²) in [4.78, 5) is 3.24. The first kappa shape index (κ1) is 14.0. The van der Waals surface area contributed by atoms with Gasteiger partial charge in [0, 0.05) is 12.3 Å². The van der Waals surface area contributed by atoms with Gasteiger partial charge in [-0.1, -0.05) is 0 Å². The molecule has 106 valence electrons. The molecule has 8 nitrogen and oxygen atoms in total. The summed E-state index contributed by atoms with van der Waals surface area (Å²) >= 11 is 0. The SMILES string of the molecule is CS(=O)(=O)Nc1nccc(OC2CC2)c1S(N)(=O)=O. The Labute approximate surface area is 111 Å². The maximum atomic E-state index is 11.6. The number of aromatic nitrogens is 1. The van der Waals surface area contributed by atoms with E-state index in [2.05, 4.69) is 4.98 Å². The molecule has 0 unspecified atom stereocenters. The molecule has 0 spiro atoms. The maximum Gasteiger partial charge on any atom is 0.245 e. The maximum absolute atomic E-state index is 11.6. The fourth-order valence-electron chi connectivity index (χ4n) is 1.41. The zero-order valence-electron chi connectivity index (χ0n) is 10.0. The van der Waals surface area contributed by atoms with E-state index >= 15 is 0 Å². The minimum atomic E-state index is -4.17. The first-order valence-electron chi connectivity index (χ1n) is 5.33. The van der Waals surface area contributed by atoms with E-state index in [-0.39, 0.29) is 17.7 Å². The lowest BCUT2D eigenvalue weighted by molar-refractivity contribution is 0.295. The van der Waals surface area contributed by atoms with Crippen LogP contribution < -0.4 is 14.6 Å². The lowest BCUT2D eigenvalue weighted by atomic mass is 10.4. The van der Waals surface area contributed by atoms with Gasteiger partial charge in [0.1, 0.15) is 5.75 Å². The van der Waals surface area contributed by atoms with Crippen LogP contribution in [0, 0.1) is 0 Å². The van der Waals surface area contributed by atoms with Crippen LogP contribution in [0.3, 0.4) is 0 Å². The molecule has 1 saturated carbocycles. The summed E-state index contributed by atoms with van der Waals surface area (Å²) in [6, 6.07) is 1.34. The minimum absolute atomic E-state index is 0.00569. The molecular weight excluding hydrogens is 294 g/mol. The molecule has 0 aliphatic heterocycles. The topological polar surface area (TPSA) is 128 Å². The van der Waals surface area contributed by atoms with Crippen molar-refractivity contribution < 1.29 is 21.6 Å². The van der Waals surface area contributed by atoms with E-state index in [1.807, 2.05) is 4.72 Å². The van der Waals surface area contributed by atoms with Crippen molar-refractivity contribution >= 4 is 25.9 Å². The zero-order valence-corrected chi connectivity index (χ0v) is 11.7. The Bertz CT molecular complexity index is 695. The van der Waals surface area contributed by atoms with Crippen LogP contribution in [0.4, 0.5) is 5.82 Å². The molecule has 1 fully saturated rings. The van der Waals surface area contributed by atoms with E-state index in [9.17, 15) is 16.8 Å². The van der Waals surface area contributed by atoms with Crippen LogP contribution in [0.5, 0.6) is 5.75 Å². The highest BCUT2D eigenvalue weighted by molar-refractivity contribution is 7.92. The van der Waals surface area contributed by atoms with Gasteiger partial charge in [0.25, 0.3) is 0 Å². The third kappa shape index (κ3) is 3.78. The summed E-state index contributed by atoms with van der Waals surface area (Å²) in [6.07, 6.45) is 3.72. The normalized spacial score (nSPS) is 16.1. The molecule has 19 heavy (non-hydrogen) atoms. The summed E-state index contributed by atoms with van der Waals surface area (Å²) in [5, 5.41) is 5.09. The molecule has 0 amide bonds. The Morgan fingerprint density at radius 2 is 2.00 bits per heavy atom. The Morgan fingerprint density at radius 1 is 1.37 bits per heavy atom. The summed E-state index contributed by atoms with van der Waals surface area (Å²) in [7, 11) is -7.85. The highest BCUT2D eigenvalue weighted by Gasteiger charge is 2.29. The monoisotopic (exact) mass is 307 g/mol. The van der Waals surface area contributed by atoms with Gasteiger partial charge in [0.15, 0.2) is 10.7 Å². The molecule has 3 N–H and O–H groups in total. The number of nitrogens with one attached hydrogen (secondary N) is 1. The second-order valence-electron chi connectivity index (χ2n) is 4.22. The second kappa shape index (κ2) is 4.62. The molecule has 1 aromatic rings. The number of sulfonamides is 2. The van der Waals surface area contributed by atoms with Crippen LogP contribution in [0.1, 0.15) is 12.8 Å². The molecule has 2 rings (SSSR count). The van der Waals surface area contributed by atoms with E-state index in [1.165, 1.54) is 12.3 Å². The molecular formula is C9H13N3O5S2. The molecule has 0 bridgehead atoms. The third-order valence-corrected chi connectivity index (χ3v) is 3.78. The average molecular weight is 307 g/mol. The molecule has 0 saturated heterocycles. The quantitative estimate of drug-likeness (QED) is 0.764. The van der Waals surface area contributed by atoms with Crippen molar-refractivity contribution in [2.24, 2.45) is 5.14 Å². The van der Waals surface area contributed by atoms with Crippen molar-refractivity contribution in [3.8, 4) is 5.75 Å². The van der Waals surface area contributed by atoms with Gasteiger partial charge in [-0.3, -0.25) is 4.72 Å². The van der Waals surface area contributed by atoms with E-state index in [4.69, 9.17) is 9.88 Å². The predicted octanol–water partition coefficient (Wildman–Crippen LogP) is -0.358. The molecule has 1 aromatic heterocycles. The van der Waals surface area contributed by atoms with Crippen molar-refractivity contribution in [1.29, 1.82) is 0 Å². The lowest BCUT2D eigenvalue weighted by Crippen LogP contribution is -2.20. The molecule has 0 radical (unpaired) electrons. The Kier molecular flexibility index (Phi) is 3.41. The van der Waals surface area contributed by atoms with E-state index in [0.29, 0.717) is 0 Å². The number of hydrogen-bond acceptors (Lipinski definition) is 6. The Morgan fingerprint density at radius 3 is 2.47 bits per heavy atom. The number of rotatable bonds is 5. The Hall–Kier alpha value is -1.39. The summed E-state index contributed by atoms with van der Waals surface area (Å²) in [5.74, 6) is -0.352. The highest BCUT2D eigenvalue weighted by Crippen LogP contribution is 2.34. The third-order valence-electron chi connectivity index (χ3n) is 2.25. The first-order valence-corrected chi connectivity index (χ1v) is 8.77. The number of anilines is 1. The second-order valence-corrected chi connectivity index (χ2v) is 7.47. The largest absolute Gasteiger partial charge is 0.489 e. The van der Waals surface area contributed by atoms with Crippen LogP contribution in [0.2, 0.25) is 0 Å². The summed E-state index contributed by atoms with van der Waals surface area (Å²) < 4.78 is 53.0. The van der Waals surface area contributed by atoms with Gasteiger partial charge in [0.05, 0.1) is 12.4 Å². The number of hydrogen-bond donors (Lipinski definition) is 2. The van der Waals surface area contributed by atoms with E-state index in [1.54, 1.807) is 0 Å². The minimum Gasteiger partial charge on any atom is -0.489 e. The van der Waals surface area contributed by atoms with Gasteiger partial charge in [-0.15, -0.1) is 0 Å². The predicted molar refractivity (Wildman–Crippen MR) is 67.7 cm³/mol. The van der Waals surface area contributed by atoms with Gasteiger partial charge in [-0.05, 0) is 12.8 Å². The number of primary sulfonamides is 1. The van der Waals surface area contributed by atoms with Gasteiger partial charge in [-0.2, -0.15) is 0 Å². The zero-order chi connectivity index (χ0) is 14.3. The van der Waals surface area contributed by atoms with Crippen LogP contribution in [0.25, 0.3) is 0 Å². The first-order chi connectivity index (χ1) is 8.67. The molecule has 0 aromatic carbocycles. The van der Waals surface area contributed by atoms with Crippen LogP contribution >= 0.6 is 0 Å². The molecule has 10 heteroatoms. The van der Waals surface area contributed by atoms with Gasteiger partial charge < -0.3 is 4.74 Å². The number of pyridine rings is 1. The average Bonchev–Trinajstić information content (AvgIpc) is 2.97. The Balaban J connectivity index is 2.52. The molecule has 0 atom stereocenters. The number of nitrogens with zero attached hydrogens (tertiary/aromatic N) is 1. The van der Waals surface area contributed by atoms with Crippen molar-refractivity contribution in [3.05, 3.63) is 12.3 Å². The molecule has 1 aliphatic carbocycles. The lowest BCUT2D eigenvalue weighted by Gasteiger charge is -2.13. The van der Waals surface area contributed by atoms with Gasteiger partial charge in [-0.25, -0.2) is 27.0 Å². The highest BCUT2D eigenvalue weighted by atomic mass is 32.2. The van der Waals surface area contributed by atoms with Crippen LogP contribution in [-0.4, -0.2) is 34.2 Å². The van der Waals surface area contributed by atoms with Crippen molar-refractivity contribution in [2.75, 3.05) is 11.0 Å². The van der Waals surface area contributed by atoms with Gasteiger partial charge >= 0.3 is 0 Å². The summed E-state index contributed by atoms with van der Waals surface area (Å²) in [5.41, 5.74) is 0. The smallest absolute Gasteiger partial charge is 0.245 e. The number of nitrogens with two attached hydrogens (primary N) is 1. The number of ether oxygens (including phenoxy) is 1. The summed E-state index contributed by atoms with van der Waals surface area (Å²) in [6.45, 7) is 0. The fraction of sp³-hybridized carbons (Fsp3) is 0.444. The van der Waals surface area contributed by atoms with E-state index in [0.717, 1.165) is 19.1 Å². The van der Waals surface area contributed by atoms with Crippen molar-refractivity contribution in [1.82, 2.24) is 4.98 Å².